The van der Waals surface area contributed by atoms with E-state index in [2.05, 4.69) is 71.8 Å². The van der Waals surface area contributed by atoms with E-state index in [9.17, 15) is 74.4 Å². The van der Waals surface area contributed by atoms with E-state index in [1.165, 1.54) is 56.7 Å². The molecule has 97 heavy (non-hydrogen) atoms. The Morgan fingerprint density at radius 2 is 1.41 bits per heavy atom. The zero-order valence-corrected chi connectivity index (χ0v) is 54.0. The van der Waals surface area contributed by atoms with Gasteiger partial charge in [-0.05, 0) is 20.8 Å². The van der Waals surface area contributed by atoms with Crippen LogP contribution in [-0.2, 0) is 60.5 Å². The van der Waals surface area contributed by atoms with Gasteiger partial charge in [0, 0.05) is 67.1 Å². The Kier molecular flexibility index (Phi) is 27.1. The van der Waals surface area contributed by atoms with Crippen LogP contribution in [0.1, 0.15) is 88.1 Å². The Labute approximate surface area is 558 Å². The lowest BCUT2D eigenvalue weighted by atomic mass is 9.96. The summed E-state index contributed by atoms with van der Waals surface area (Å²) in [5, 5.41) is 108. The fourth-order valence-electron chi connectivity index (χ4n) is 9.97. The molecule has 0 aromatic carbocycles. The molecule has 2 saturated heterocycles. The lowest BCUT2D eigenvalue weighted by Crippen LogP contribution is -2.65. The minimum Gasteiger partial charge on any atom is -0.441 e. The topological polar surface area (TPSA) is 656 Å². The number of aliphatic hydroxyl groups is 8. The smallest absolute Gasteiger partial charge is 0.404 e. The maximum Gasteiger partial charge on any atom is 0.404 e. The number of nitrogens with one attached hydrogen (secondary N) is 8. The molecular formula is C55H79N19O21S2. The van der Waals surface area contributed by atoms with E-state index in [1.807, 2.05) is 0 Å². The van der Waals surface area contributed by atoms with Crippen molar-refractivity contribution in [1.82, 2.24) is 71.8 Å². The molecule has 7 rings (SSSR count). The van der Waals surface area contributed by atoms with Crippen LogP contribution in [0, 0.1) is 12.8 Å². The highest BCUT2D eigenvalue weighted by Gasteiger charge is 2.54. The number of carbonyl (C=O) groups excluding carboxylic acids is 8. The molecule has 0 bridgehead atoms. The second-order valence-electron chi connectivity index (χ2n) is 22.6. The highest BCUT2D eigenvalue weighted by molar-refractivity contribution is 7.14. The number of nitrogens with zero attached hydrogens (tertiary/aromatic N) is 6. The second kappa shape index (κ2) is 34.7. The number of hydrogen-bond donors (Lipinski definition) is 21. The number of nitrogens with two attached hydrogens (primary N) is 5. The largest absolute Gasteiger partial charge is 0.441 e. The van der Waals surface area contributed by atoms with E-state index in [-0.39, 0.29) is 54.0 Å². The van der Waals surface area contributed by atoms with Gasteiger partial charge in [-0.25, -0.2) is 34.7 Å². The van der Waals surface area contributed by atoms with Gasteiger partial charge in [-0.15, -0.1) is 22.7 Å². The van der Waals surface area contributed by atoms with Crippen LogP contribution in [0.2, 0.25) is 0 Å². The monoisotopic (exact) mass is 1410 g/mol. The van der Waals surface area contributed by atoms with Crippen LogP contribution in [0.25, 0.3) is 10.7 Å². The predicted octanol–water partition coefficient (Wildman–Crippen LogP) is -8.01. The summed E-state index contributed by atoms with van der Waals surface area (Å²) in [6.45, 7) is 2.96. The highest BCUT2D eigenvalue weighted by Crippen LogP contribution is 2.35. The van der Waals surface area contributed by atoms with Gasteiger partial charge >= 0.3 is 6.09 Å². The maximum atomic E-state index is 15.2. The van der Waals surface area contributed by atoms with Gasteiger partial charge in [0.2, 0.25) is 29.5 Å². The SMILES string of the molecule is Cc1c(N)nc([C@H](CC(N)=O)NC[C@H](N)C(N)=O)nc1C(=O)N[C@H](C(=O)N[C@H](C)[C@@H](O)[C@H](C)C(=O)N[C@H](C(=O)NCCc1nc(-c2nc(C(=O)NCCc3cnc[nH]3)cs2)cs1)[C@@H](C)O)[C@@H](OC1OC(CO)C(O)C(O)C1OC1OC(CO)C(O)C(OC(N)=O)C1O)c1cnc[nH]1. The van der Waals surface area contributed by atoms with Gasteiger partial charge in [0.05, 0.1) is 79.0 Å². The molecule has 0 aliphatic carbocycles. The summed E-state index contributed by atoms with van der Waals surface area (Å²) in [6.07, 6.45) is -21.4. The highest BCUT2D eigenvalue weighted by atomic mass is 32.1. The number of imidazole rings is 2. The maximum absolute atomic E-state index is 15.2. The molecule has 5 aromatic rings. The quantitative estimate of drug-likeness (QED) is 0.0182. The first-order valence-corrected chi connectivity index (χ1v) is 31.7. The molecule has 2 fully saturated rings. The number of anilines is 1. The van der Waals surface area contributed by atoms with Crippen molar-refractivity contribution in [2.75, 3.05) is 38.6 Å². The Balaban J connectivity index is 1.12. The number of hydrogen-bond acceptors (Lipinski definition) is 32. The van der Waals surface area contributed by atoms with E-state index in [0.717, 1.165) is 18.2 Å². The number of ether oxygens (including phenoxy) is 5. The van der Waals surface area contributed by atoms with Crippen LogP contribution >= 0.6 is 22.7 Å². The van der Waals surface area contributed by atoms with Crippen molar-refractivity contribution in [3.8, 4) is 10.7 Å². The van der Waals surface area contributed by atoms with E-state index in [0.29, 0.717) is 28.7 Å². The lowest BCUT2D eigenvalue weighted by Gasteiger charge is -2.47. The molecule has 0 spiro atoms. The van der Waals surface area contributed by atoms with Gasteiger partial charge < -0.3 is 135 Å². The van der Waals surface area contributed by atoms with Gasteiger partial charge in [0.1, 0.15) is 94.6 Å². The molecule has 532 valence electrons. The normalized spacial score (nSPS) is 23.8. The van der Waals surface area contributed by atoms with Crippen molar-refractivity contribution in [2.45, 2.75) is 157 Å². The fourth-order valence-corrected chi connectivity index (χ4v) is 11.6. The van der Waals surface area contributed by atoms with Crippen LogP contribution in [0.3, 0.4) is 0 Å². The predicted molar refractivity (Wildman–Crippen MR) is 332 cm³/mol. The summed E-state index contributed by atoms with van der Waals surface area (Å²) in [7, 11) is 0. The van der Waals surface area contributed by atoms with Crippen molar-refractivity contribution in [2.24, 2.45) is 28.9 Å². The molecule has 19 atom stereocenters. The third-order valence-corrected chi connectivity index (χ3v) is 17.3. The average molecular weight is 1410 g/mol. The lowest BCUT2D eigenvalue weighted by molar-refractivity contribution is -0.372. The minimum absolute atomic E-state index is 0.0195. The second-order valence-corrected chi connectivity index (χ2v) is 24.4. The first-order chi connectivity index (χ1) is 46.0. The number of H-pyrrole nitrogens is 2. The molecule has 42 heteroatoms. The summed E-state index contributed by atoms with van der Waals surface area (Å²) in [6, 6.07) is -7.87. The molecule has 26 N–H and O–H groups in total. The van der Waals surface area contributed by atoms with E-state index in [1.54, 1.807) is 17.0 Å². The van der Waals surface area contributed by atoms with Gasteiger partial charge in [-0.1, -0.05) is 6.92 Å². The summed E-state index contributed by atoms with van der Waals surface area (Å²) < 4.78 is 28.7. The van der Waals surface area contributed by atoms with Crippen LogP contribution < -0.4 is 60.6 Å². The molecule has 0 saturated carbocycles. The molecule has 8 amide bonds. The third-order valence-electron chi connectivity index (χ3n) is 15.5. The Morgan fingerprint density at radius 3 is 2.05 bits per heavy atom. The molecule has 2 aliphatic rings. The summed E-state index contributed by atoms with van der Waals surface area (Å²) in [5.41, 5.74) is 28.8. The van der Waals surface area contributed by atoms with Crippen LogP contribution in [0.15, 0.2) is 35.8 Å². The number of carbonyl (C=O) groups is 8. The van der Waals surface area contributed by atoms with Crippen molar-refractivity contribution in [3.05, 3.63) is 75.0 Å². The minimum atomic E-state index is -2.20. The van der Waals surface area contributed by atoms with Crippen LogP contribution in [0.4, 0.5) is 10.6 Å². The molecular weight excluding hydrogens is 1330 g/mol. The molecule has 10 unspecified atom stereocenters. The number of thiazole rings is 2. The van der Waals surface area contributed by atoms with Crippen LogP contribution in [-0.4, -0.2) is 259 Å². The van der Waals surface area contributed by atoms with Gasteiger partial charge in [0.25, 0.3) is 11.8 Å². The molecule has 40 nitrogen and oxygen atoms in total. The van der Waals surface area contributed by atoms with Crippen molar-refractivity contribution >= 4 is 75.9 Å². The van der Waals surface area contributed by atoms with Crippen molar-refractivity contribution < 1.29 is 103 Å². The number of amides is 8. The summed E-state index contributed by atoms with van der Waals surface area (Å²) in [4.78, 5) is 138. The first-order valence-electron chi connectivity index (χ1n) is 29.9. The molecule has 0 radical (unpaired) electrons. The van der Waals surface area contributed by atoms with Gasteiger partial charge in [0.15, 0.2) is 18.7 Å². The Hall–Kier alpha value is -8.44. The number of rotatable bonds is 34. The summed E-state index contributed by atoms with van der Waals surface area (Å²) >= 11 is 2.48. The number of nitrogen functional groups attached to an aromatic ring is 1. The number of aromatic amines is 2. The fraction of sp³-hybridized carbons (Fsp3) is 0.564. The van der Waals surface area contributed by atoms with Crippen LogP contribution in [0.5, 0.6) is 0 Å². The van der Waals surface area contributed by atoms with Gasteiger partial charge in [-0.2, -0.15) is 0 Å². The Morgan fingerprint density at radius 1 is 0.732 bits per heavy atom. The standard InChI is InChI=1S/C55H79N19O21S2/c1-19-33(71-46(74-44(19)58)25(9-31(57)78)65-11-24(56)45(59)84)50(88)73-35(41(26-12-62-18-67-26)93-54-43(39(82)37(80)29(13-75)92-54)94-53-40(83)42(95-55(60)90)38(81)30(14-76)91-53)51(89)68-21(3)36(79)20(2)47(85)72-34(22(4)77)49(87)64-8-6-32-69-28(16-96-32)52-70-27(15-97-52)48(86)63-7-5-23-10-61-17-66-23/h10,12,15-18,20-22,24-25,29-30,34-43,53-54,65,75-77,79-83H,5-9,11,13-14,56H2,1-4H3,(H2,57,78)(H2,59,84)(H2,60,90)(H,61,66)(H,62,67)(H,63,86)(H,64,87)(H,68,89)(H,72,85)(H,73,88)(H2,58,71,74)/t20-,21+,22+,24-,25-,29?,30?,34-,35-,36-,37?,38?,39?,40?,41-,42?,43?,53?,54?/m0/s1. The zero-order valence-electron chi connectivity index (χ0n) is 52.4. The molecule has 5 aromatic heterocycles. The Bertz CT molecular complexity index is 3480. The number of primary amides is 3. The first kappa shape index (κ1) is 75.9. The van der Waals surface area contributed by atoms with E-state index in [4.69, 9.17) is 52.4 Å². The third kappa shape index (κ3) is 19.7. The van der Waals surface area contributed by atoms with E-state index < -0.39 is 183 Å². The average Bonchev–Trinajstić information content (AvgIpc) is 1.80. The number of aromatic nitrogens is 8. The number of aliphatic hydroxyl groups excluding tert-OH is 8. The summed E-state index contributed by atoms with van der Waals surface area (Å²) in [5.74, 6) is -8.80. The zero-order chi connectivity index (χ0) is 71.1. The van der Waals surface area contributed by atoms with Crippen molar-refractivity contribution in [1.29, 1.82) is 0 Å². The van der Waals surface area contributed by atoms with Crippen molar-refractivity contribution in [3.63, 3.8) is 0 Å². The molecule has 2 aliphatic heterocycles. The van der Waals surface area contributed by atoms with Gasteiger partial charge in [-0.3, -0.25) is 33.6 Å². The van der Waals surface area contributed by atoms with E-state index >= 15 is 4.79 Å². The molecule has 7 heterocycles.